The Labute approximate surface area is 132 Å². The number of hydrogen-bond donors (Lipinski definition) is 1. The van der Waals surface area contributed by atoms with Crippen LogP contribution in [0.3, 0.4) is 0 Å². The predicted octanol–water partition coefficient (Wildman–Crippen LogP) is 2.34. The van der Waals surface area contributed by atoms with Crippen LogP contribution < -0.4 is 10.9 Å². The van der Waals surface area contributed by atoms with Gasteiger partial charge in [-0.1, -0.05) is 18.2 Å². The van der Waals surface area contributed by atoms with Crippen molar-refractivity contribution >= 4 is 22.3 Å². The molecule has 0 aliphatic heterocycles. The van der Waals surface area contributed by atoms with E-state index in [2.05, 4.69) is 27.1 Å². The molecular formula is C16H18N4OS. The van der Waals surface area contributed by atoms with E-state index < -0.39 is 0 Å². The van der Waals surface area contributed by atoms with Crippen LogP contribution in [0.25, 0.3) is 10.8 Å². The summed E-state index contributed by atoms with van der Waals surface area (Å²) in [5.74, 6) is 0. The zero-order chi connectivity index (χ0) is 15.5. The van der Waals surface area contributed by atoms with Crippen molar-refractivity contribution < 1.29 is 0 Å². The van der Waals surface area contributed by atoms with Crippen LogP contribution in [-0.2, 0) is 13.1 Å². The van der Waals surface area contributed by atoms with Gasteiger partial charge < -0.3 is 5.32 Å². The van der Waals surface area contributed by atoms with Crippen LogP contribution in [0, 0.1) is 6.92 Å². The van der Waals surface area contributed by atoms with E-state index in [9.17, 15) is 4.79 Å². The van der Waals surface area contributed by atoms with Crippen molar-refractivity contribution in [3.63, 3.8) is 0 Å². The maximum Gasteiger partial charge on any atom is 0.274 e. The zero-order valence-corrected chi connectivity index (χ0v) is 13.4. The van der Waals surface area contributed by atoms with Gasteiger partial charge in [0.05, 0.1) is 23.8 Å². The van der Waals surface area contributed by atoms with Crippen LogP contribution in [0.2, 0.25) is 0 Å². The Morgan fingerprint density at radius 2 is 2.18 bits per heavy atom. The first-order valence-electron chi connectivity index (χ1n) is 7.23. The number of rotatable bonds is 5. The molecule has 0 aliphatic rings. The van der Waals surface area contributed by atoms with E-state index in [1.54, 1.807) is 6.20 Å². The van der Waals surface area contributed by atoms with Gasteiger partial charge in [0.15, 0.2) is 0 Å². The van der Waals surface area contributed by atoms with E-state index in [0.29, 0.717) is 11.9 Å². The lowest BCUT2D eigenvalue weighted by Gasteiger charge is -2.14. The van der Waals surface area contributed by atoms with Gasteiger partial charge >= 0.3 is 0 Å². The van der Waals surface area contributed by atoms with Crippen molar-refractivity contribution in [2.75, 3.05) is 0 Å². The second-order valence-electron chi connectivity index (χ2n) is 5.43. The average Bonchev–Trinajstić information content (AvgIpc) is 2.93. The first kappa shape index (κ1) is 14.9. The molecule has 0 saturated heterocycles. The first-order chi connectivity index (χ1) is 10.6. The molecule has 3 rings (SSSR count). The fraction of sp³-hybridized carbons (Fsp3) is 0.312. The molecule has 0 fully saturated rings. The van der Waals surface area contributed by atoms with Crippen molar-refractivity contribution in [1.29, 1.82) is 0 Å². The lowest BCUT2D eigenvalue weighted by Crippen LogP contribution is -2.35. The number of hydrogen-bond acceptors (Lipinski definition) is 5. The molecule has 0 radical (unpaired) electrons. The molecule has 0 aliphatic carbocycles. The minimum absolute atomic E-state index is 0.0415. The van der Waals surface area contributed by atoms with Crippen LogP contribution in [0.5, 0.6) is 0 Å². The topological polar surface area (TPSA) is 59.8 Å². The number of benzene rings is 1. The Balaban J connectivity index is 1.71. The quantitative estimate of drug-likeness (QED) is 0.785. The second kappa shape index (κ2) is 6.37. The van der Waals surface area contributed by atoms with Crippen molar-refractivity contribution in [3.05, 3.63) is 57.5 Å². The van der Waals surface area contributed by atoms with E-state index in [0.717, 1.165) is 17.6 Å². The Bertz CT molecular complexity index is 839. The van der Waals surface area contributed by atoms with Gasteiger partial charge in [-0.15, -0.1) is 0 Å². The number of aromatic nitrogens is 3. The van der Waals surface area contributed by atoms with E-state index in [4.69, 9.17) is 0 Å². The van der Waals surface area contributed by atoms with E-state index >= 15 is 0 Å². The number of fused-ring (bicyclic) bond motifs is 1. The standard InChI is InChI=1S/C16H18N4OS/c1-11(17-7-14-10-22-19-12(14)2)9-20-16(21)15-6-4-3-5-13(15)8-18-20/h3-6,8,10-11,17H,7,9H2,1-2H3. The fourth-order valence-corrected chi connectivity index (χ4v) is 3.06. The molecule has 0 saturated carbocycles. The summed E-state index contributed by atoms with van der Waals surface area (Å²) < 4.78 is 5.79. The Hall–Kier alpha value is -2.05. The monoisotopic (exact) mass is 314 g/mol. The third-order valence-corrected chi connectivity index (χ3v) is 4.47. The largest absolute Gasteiger partial charge is 0.308 e. The smallest absolute Gasteiger partial charge is 0.274 e. The summed E-state index contributed by atoms with van der Waals surface area (Å²) in [6.45, 7) is 5.36. The minimum Gasteiger partial charge on any atom is -0.308 e. The molecule has 2 heterocycles. The average molecular weight is 314 g/mol. The Morgan fingerprint density at radius 1 is 1.36 bits per heavy atom. The zero-order valence-electron chi connectivity index (χ0n) is 12.6. The molecular weight excluding hydrogens is 296 g/mol. The lowest BCUT2D eigenvalue weighted by molar-refractivity contribution is 0.439. The first-order valence-corrected chi connectivity index (χ1v) is 8.07. The highest BCUT2D eigenvalue weighted by molar-refractivity contribution is 7.03. The van der Waals surface area contributed by atoms with Crippen molar-refractivity contribution in [3.8, 4) is 0 Å². The van der Waals surface area contributed by atoms with Crippen LogP contribution >= 0.6 is 11.5 Å². The van der Waals surface area contributed by atoms with Gasteiger partial charge in [-0.05, 0) is 37.0 Å². The van der Waals surface area contributed by atoms with Gasteiger partial charge in [-0.2, -0.15) is 9.47 Å². The molecule has 5 nitrogen and oxygen atoms in total. The maximum atomic E-state index is 12.4. The molecule has 1 atom stereocenters. The highest BCUT2D eigenvalue weighted by Crippen LogP contribution is 2.09. The molecule has 0 spiro atoms. The SMILES string of the molecule is Cc1nscc1CNC(C)Cn1ncc2ccccc2c1=O. The maximum absolute atomic E-state index is 12.4. The van der Waals surface area contributed by atoms with Crippen LogP contribution in [0.1, 0.15) is 18.2 Å². The van der Waals surface area contributed by atoms with Crippen molar-refractivity contribution in [1.82, 2.24) is 19.5 Å². The highest BCUT2D eigenvalue weighted by Gasteiger charge is 2.09. The normalized spacial score (nSPS) is 12.6. The molecule has 0 amide bonds. The van der Waals surface area contributed by atoms with Gasteiger partial charge in [0.25, 0.3) is 5.56 Å². The molecule has 3 aromatic rings. The van der Waals surface area contributed by atoms with Crippen LogP contribution in [-0.4, -0.2) is 20.2 Å². The molecule has 1 N–H and O–H groups in total. The van der Waals surface area contributed by atoms with Crippen molar-refractivity contribution in [2.24, 2.45) is 0 Å². The molecule has 1 aromatic carbocycles. The summed E-state index contributed by atoms with van der Waals surface area (Å²) in [6.07, 6.45) is 1.75. The summed E-state index contributed by atoms with van der Waals surface area (Å²) in [5, 5.41) is 11.3. The molecule has 2 aromatic heterocycles. The van der Waals surface area contributed by atoms with E-state index in [-0.39, 0.29) is 11.6 Å². The number of nitrogens with one attached hydrogen (secondary N) is 1. The second-order valence-corrected chi connectivity index (χ2v) is 6.06. The summed E-state index contributed by atoms with van der Waals surface area (Å²) in [4.78, 5) is 12.4. The Morgan fingerprint density at radius 3 is 2.95 bits per heavy atom. The molecule has 114 valence electrons. The van der Waals surface area contributed by atoms with Crippen LogP contribution in [0.15, 0.2) is 40.6 Å². The summed E-state index contributed by atoms with van der Waals surface area (Å²) in [6, 6.07) is 7.68. The van der Waals surface area contributed by atoms with E-state index in [1.165, 1.54) is 21.8 Å². The summed E-state index contributed by atoms with van der Waals surface area (Å²) in [7, 11) is 0. The van der Waals surface area contributed by atoms with E-state index in [1.807, 2.05) is 31.2 Å². The third-order valence-electron chi connectivity index (χ3n) is 3.70. The summed E-state index contributed by atoms with van der Waals surface area (Å²) in [5.41, 5.74) is 2.22. The fourth-order valence-electron chi connectivity index (χ4n) is 2.35. The molecule has 1 unspecified atom stereocenters. The minimum atomic E-state index is -0.0415. The van der Waals surface area contributed by atoms with Gasteiger partial charge in [-0.25, -0.2) is 4.68 Å². The van der Waals surface area contributed by atoms with Gasteiger partial charge in [0, 0.05) is 23.4 Å². The van der Waals surface area contributed by atoms with Crippen LogP contribution in [0.4, 0.5) is 0 Å². The molecule has 6 heteroatoms. The summed E-state index contributed by atoms with van der Waals surface area (Å²) >= 11 is 1.47. The predicted molar refractivity (Wildman–Crippen MR) is 89.2 cm³/mol. The van der Waals surface area contributed by atoms with Crippen molar-refractivity contribution in [2.45, 2.75) is 33.0 Å². The number of aryl methyl sites for hydroxylation is 1. The lowest BCUT2D eigenvalue weighted by atomic mass is 10.2. The van der Waals surface area contributed by atoms with Gasteiger partial charge in [0.1, 0.15) is 0 Å². The highest BCUT2D eigenvalue weighted by atomic mass is 32.1. The van der Waals surface area contributed by atoms with Gasteiger partial charge in [-0.3, -0.25) is 4.79 Å². The van der Waals surface area contributed by atoms with Gasteiger partial charge in [0.2, 0.25) is 0 Å². The third kappa shape index (κ3) is 3.08. The Kier molecular flexibility index (Phi) is 4.31. The molecule has 0 bridgehead atoms. The number of nitrogens with zero attached hydrogens (tertiary/aromatic N) is 3. The molecule has 22 heavy (non-hydrogen) atoms.